The second kappa shape index (κ2) is 6.84. The molecule has 0 unspecified atom stereocenters. The van der Waals surface area contributed by atoms with E-state index in [2.05, 4.69) is 19.9 Å². The zero-order valence-electron chi connectivity index (χ0n) is 8.26. The Balaban J connectivity index is 3.69. The fourth-order valence-corrected chi connectivity index (χ4v) is 0.890. The number of aldehydes is 1. The lowest BCUT2D eigenvalue weighted by Gasteiger charge is -1.97. The molecule has 0 aliphatic carbocycles. The van der Waals surface area contributed by atoms with Gasteiger partial charge in [-0.3, -0.25) is 4.79 Å². The van der Waals surface area contributed by atoms with Crippen molar-refractivity contribution in [3.05, 3.63) is 23.3 Å². The Bertz CT molecular complexity index is 187. The molecule has 0 aliphatic rings. The van der Waals surface area contributed by atoms with Crippen LogP contribution in [0.1, 0.15) is 40.0 Å². The average Bonchev–Trinajstić information content (AvgIpc) is 2.04. The molecule has 0 aliphatic heterocycles. The standard InChI is InChI=1S/C11H18O/c1-4-10(2)6-5-7-11(3)8-9-12/h6,8-9H,4-5,7H2,1-3H3/b10-6?,11-8+. The molecular weight excluding hydrogens is 148 g/mol. The fourth-order valence-electron chi connectivity index (χ4n) is 0.890. The van der Waals surface area contributed by atoms with E-state index in [-0.39, 0.29) is 0 Å². The lowest BCUT2D eigenvalue weighted by atomic mass is 10.1. The highest BCUT2D eigenvalue weighted by Crippen LogP contribution is 2.07. The Morgan fingerprint density at radius 3 is 2.42 bits per heavy atom. The Morgan fingerprint density at radius 2 is 1.92 bits per heavy atom. The van der Waals surface area contributed by atoms with Gasteiger partial charge in [0.15, 0.2) is 0 Å². The summed E-state index contributed by atoms with van der Waals surface area (Å²) in [6.07, 6.45) is 7.89. The van der Waals surface area contributed by atoms with E-state index in [0.29, 0.717) is 0 Å². The summed E-state index contributed by atoms with van der Waals surface area (Å²) in [5.41, 5.74) is 2.58. The van der Waals surface area contributed by atoms with Gasteiger partial charge in [0.2, 0.25) is 0 Å². The predicted molar refractivity (Wildman–Crippen MR) is 53.1 cm³/mol. The van der Waals surface area contributed by atoms with Crippen molar-refractivity contribution in [1.82, 2.24) is 0 Å². The maximum Gasteiger partial charge on any atom is 0.142 e. The minimum absolute atomic E-state index is 0.853. The van der Waals surface area contributed by atoms with Crippen LogP contribution < -0.4 is 0 Å². The molecule has 0 amide bonds. The van der Waals surface area contributed by atoms with Gasteiger partial charge in [0.25, 0.3) is 0 Å². The summed E-state index contributed by atoms with van der Waals surface area (Å²) < 4.78 is 0. The molecule has 0 atom stereocenters. The molecule has 0 radical (unpaired) electrons. The Kier molecular flexibility index (Phi) is 6.35. The first-order valence-electron chi connectivity index (χ1n) is 4.47. The van der Waals surface area contributed by atoms with Crippen LogP contribution in [0.5, 0.6) is 0 Å². The van der Waals surface area contributed by atoms with E-state index in [1.54, 1.807) is 6.08 Å². The minimum Gasteiger partial charge on any atom is -0.299 e. The summed E-state index contributed by atoms with van der Waals surface area (Å²) in [6.45, 7) is 6.28. The highest BCUT2D eigenvalue weighted by atomic mass is 16.1. The molecule has 0 N–H and O–H groups in total. The van der Waals surface area contributed by atoms with Gasteiger partial charge in [0.05, 0.1) is 0 Å². The van der Waals surface area contributed by atoms with Crippen molar-refractivity contribution in [2.45, 2.75) is 40.0 Å². The third-order valence-electron chi connectivity index (χ3n) is 1.94. The Morgan fingerprint density at radius 1 is 1.25 bits per heavy atom. The van der Waals surface area contributed by atoms with Crippen LogP contribution >= 0.6 is 0 Å². The molecule has 0 saturated heterocycles. The van der Waals surface area contributed by atoms with E-state index in [0.717, 1.165) is 31.1 Å². The van der Waals surface area contributed by atoms with E-state index in [1.165, 1.54) is 5.57 Å². The van der Waals surface area contributed by atoms with Gasteiger partial charge < -0.3 is 0 Å². The van der Waals surface area contributed by atoms with Crippen LogP contribution in [0.15, 0.2) is 23.3 Å². The lowest BCUT2D eigenvalue weighted by Crippen LogP contribution is -1.78. The molecule has 12 heavy (non-hydrogen) atoms. The Labute approximate surface area is 75.2 Å². The van der Waals surface area contributed by atoms with Gasteiger partial charge in [-0.15, -0.1) is 0 Å². The summed E-state index contributed by atoms with van der Waals surface area (Å²) in [7, 11) is 0. The van der Waals surface area contributed by atoms with E-state index >= 15 is 0 Å². The van der Waals surface area contributed by atoms with Crippen LogP contribution in [-0.4, -0.2) is 6.29 Å². The van der Waals surface area contributed by atoms with Crippen molar-refractivity contribution < 1.29 is 4.79 Å². The number of hydrogen-bond acceptors (Lipinski definition) is 1. The molecular formula is C11H18O. The van der Waals surface area contributed by atoms with Crippen molar-refractivity contribution in [1.29, 1.82) is 0 Å². The molecule has 0 fully saturated rings. The van der Waals surface area contributed by atoms with Crippen molar-refractivity contribution >= 4 is 6.29 Å². The molecule has 0 spiro atoms. The van der Waals surface area contributed by atoms with E-state index in [1.807, 2.05) is 6.92 Å². The molecule has 0 saturated carbocycles. The molecule has 0 heterocycles. The molecule has 0 aromatic carbocycles. The van der Waals surface area contributed by atoms with Crippen LogP contribution in [0, 0.1) is 0 Å². The molecule has 0 aromatic rings. The van der Waals surface area contributed by atoms with Gasteiger partial charge in [-0.25, -0.2) is 0 Å². The summed E-state index contributed by atoms with van der Waals surface area (Å²) in [5.74, 6) is 0. The summed E-state index contributed by atoms with van der Waals surface area (Å²) in [4.78, 5) is 10.1. The highest BCUT2D eigenvalue weighted by Gasteiger charge is 1.88. The smallest absolute Gasteiger partial charge is 0.142 e. The summed E-state index contributed by atoms with van der Waals surface area (Å²) in [6, 6.07) is 0. The van der Waals surface area contributed by atoms with Crippen LogP contribution in [0.3, 0.4) is 0 Å². The molecule has 1 heteroatoms. The second-order valence-corrected chi connectivity index (χ2v) is 3.09. The third-order valence-corrected chi connectivity index (χ3v) is 1.94. The van der Waals surface area contributed by atoms with Crippen LogP contribution in [0.2, 0.25) is 0 Å². The van der Waals surface area contributed by atoms with Crippen molar-refractivity contribution in [3.8, 4) is 0 Å². The molecule has 0 rings (SSSR count). The van der Waals surface area contributed by atoms with Gasteiger partial charge in [-0.05, 0) is 39.2 Å². The van der Waals surface area contributed by atoms with E-state index in [9.17, 15) is 4.79 Å². The number of hydrogen-bond donors (Lipinski definition) is 0. The van der Waals surface area contributed by atoms with Gasteiger partial charge >= 0.3 is 0 Å². The Hall–Kier alpha value is -0.850. The van der Waals surface area contributed by atoms with E-state index < -0.39 is 0 Å². The molecule has 1 nitrogen and oxygen atoms in total. The topological polar surface area (TPSA) is 17.1 Å². The van der Waals surface area contributed by atoms with Crippen LogP contribution in [-0.2, 0) is 4.79 Å². The first-order chi connectivity index (χ1) is 5.70. The zero-order chi connectivity index (χ0) is 9.40. The van der Waals surface area contributed by atoms with Gasteiger partial charge in [0, 0.05) is 0 Å². The average molecular weight is 166 g/mol. The fraction of sp³-hybridized carbons (Fsp3) is 0.545. The highest BCUT2D eigenvalue weighted by molar-refractivity contribution is 5.65. The van der Waals surface area contributed by atoms with Crippen molar-refractivity contribution in [2.75, 3.05) is 0 Å². The zero-order valence-corrected chi connectivity index (χ0v) is 8.26. The van der Waals surface area contributed by atoms with Gasteiger partial charge in [-0.1, -0.05) is 24.1 Å². The maximum absolute atomic E-state index is 10.1. The lowest BCUT2D eigenvalue weighted by molar-refractivity contribution is -0.104. The van der Waals surface area contributed by atoms with Gasteiger partial charge in [-0.2, -0.15) is 0 Å². The minimum atomic E-state index is 0.853. The quantitative estimate of drug-likeness (QED) is 0.348. The monoisotopic (exact) mass is 166 g/mol. The number of carbonyl (C=O) groups excluding carboxylic acids is 1. The number of rotatable bonds is 5. The molecule has 0 aromatic heterocycles. The van der Waals surface area contributed by atoms with Crippen LogP contribution in [0.4, 0.5) is 0 Å². The SMILES string of the molecule is CCC(C)=CCC/C(C)=C/C=O. The van der Waals surface area contributed by atoms with Crippen molar-refractivity contribution in [3.63, 3.8) is 0 Å². The first kappa shape index (κ1) is 11.2. The largest absolute Gasteiger partial charge is 0.299 e. The molecule has 68 valence electrons. The number of allylic oxidation sites excluding steroid dienone is 4. The normalized spacial score (nSPS) is 13.2. The predicted octanol–water partition coefficient (Wildman–Crippen LogP) is 3.27. The first-order valence-corrected chi connectivity index (χ1v) is 4.47. The molecule has 0 bridgehead atoms. The summed E-state index contributed by atoms with van der Waals surface area (Å²) >= 11 is 0. The maximum atomic E-state index is 10.1. The second-order valence-electron chi connectivity index (χ2n) is 3.09. The van der Waals surface area contributed by atoms with Gasteiger partial charge in [0.1, 0.15) is 6.29 Å². The third kappa shape index (κ3) is 5.90. The van der Waals surface area contributed by atoms with Crippen molar-refractivity contribution in [2.24, 2.45) is 0 Å². The van der Waals surface area contributed by atoms with Crippen LogP contribution in [0.25, 0.3) is 0 Å². The van der Waals surface area contributed by atoms with E-state index in [4.69, 9.17) is 0 Å². The number of carbonyl (C=O) groups is 1. The summed E-state index contributed by atoms with van der Waals surface area (Å²) in [5, 5.41) is 0.